The molecule has 1 atom stereocenters. The van der Waals surface area contributed by atoms with Crippen molar-refractivity contribution in [2.45, 2.75) is 18.8 Å². The lowest BCUT2D eigenvalue weighted by Gasteiger charge is -2.16. The van der Waals surface area contributed by atoms with Gasteiger partial charge in [0, 0.05) is 6.61 Å². The van der Waals surface area contributed by atoms with E-state index in [9.17, 15) is 4.79 Å². The highest BCUT2D eigenvalue weighted by atomic mass is 16.5. The minimum absolute atomic E-state index is 0.187. The Morgan fingerprint density at radius 1 is 1.71 bits per heavy atom. The number of hydrogen-bond donors (Lipinski definition) is 2. The number of hydrogen-bond acceptors (Lipinski definition) is 4. The molecule has 0 radical (unpaired) electrons. The van der Waals surface area contributed by atoms with Crippen molar-refractivity contribution in [1.29, 1.82) is 0 Å². The molecule has 6 heteroatoms. The van der Waals surface area contributed by atoms with Crippen LogP contribution in [-0.4, -0.2) is 39.5 Å². The second-order valence-corrected chi connectivity index (χ2v) is 3.68. The van der Waals surface area contributed by atoms with Crippen LogP contribution in [0.25, 0.3) is 0 Å². The Labute approximate surface area is 80.3 Å². The van der Waals surface area contributed by atoms with Crippen molar-refractivity contribution in [3.63, 3.8) is 0 Å². The zero-order valence-corrected chi connectivity index (χ0v) is 7.78. The molecule has 76 valence electrons. The van der Waals surface area contributed by atoms with Crippen molar-refractivity contribution in [3.05, 3.63) is 11.6 Å². The number of aromatic carboxylic acids is 1. The summed E-state index contributed by atoms with van der Waals surface area (Å²) in [6.45, 7) is 3.22. The van der Waals surface area contributed by atoms with E-state index in [2.05, 4.69) is 15.2 Å². The van der Waals surface area contributed by atoms with Crippen LogP contribution in [0.3, 0.4) is 0 Å². The molecule has 2 N–H and O–H groups in total. The van der Waals surface area contributed by atoms with Crippen molar-refractivity contribution in [1.82, 2.24) is 15.2 Å². The predicted molar refractivity (Wildman–Crippen MR) is 46.1 cm³/mol. The number of carboxylic acid groups (broad SMARTS) is 1. The average Bonchev–Trinajstić information content (AvgIpc) is 2.71. The lowest BCUT2D eigenvalue weighted by atomic mass is 9.89. The normalized spacial score (nSPS) is 26.6. The molecule has 0 spiro atoms. The standard InChI is InChI=1S/C8H11N3O3/c1-8(2-3-14-4-8)7-9-5(6(12)13)10-11-7/h2-4H2,1H3,(H,12,13)(H,9,10,11). The van der Waals surface area contributed by atoms with E-state index in [-0.39, 0.29) is 11.2 Å². The van der Waals surface area contributed by atoms with Gasteiger partial charge in [0.05, 0.1) is 12.0 Å². The molecule has 1 aliphatic rings. The first kappa shape index (κ1) is 9.14. The molecule has 0 amide bonds. The third-order valence-corrected chi connectivity index (χ3v) is 2.47. The summed E-state index contributed by atoms with van der Waals surface area (Å²) < 4.78 is 5.25. The molecule has 1 fully saturated rings. The van der Waals surface area contributed by atoms with E-state index in [1.165, 1.54) is 0 Å². The van der Waals surface area contributed by atoms with Crippen LogP contribution >= 0.6 is 0 Å². The third-order valence-electron chi connectivity index (χ3n) is 2.47. The Bertz CT molecular complexity index is 354. The van der Waals surface area contributed by atoms with Gasteiger partial charge in [-0.25, -0.2) is 9.78 Å². The predicted octanol–water partition coefficient (Wildman–Crippen LogP) is 0.181. The van der Waals surface area contributed by atoms with Crippen molar-refractivity contribution in [2.24, 2.45) is 0 Å². The van der Waals surface area contributed by atoms with Crippen LogP contribution in [0, 0.1) is 0 Å². The van der Waals surface area contributed by atoms with Crippen molar-refractivity contribution >= 4 is 5.97 Å². The Morgan fingerprint density at radius 2 is 2.50 bits per heavy atom. The largest absolute Gasteiger partial charge is 0.475 e. The van der Waals surface area contributed by atoms with Gasteiger partial charge in [0.25, 0.3) is 5.82 Å². The smallest absolute Gasteiger partial charge is 0.375 e. The van der Waals surface area contributed by atoms with E-state index in [1.807, 2.05) is 6.92 Å². The number of aromatic amines is 1. The lowest BCUT2D eigenvalue weighted by Crippen LogP contribution is -2.23. The van der Waals surface area contributed by atoms with Crippen LogP contribution < -0.4 is 0 Å². The summed E-state index contributed by atoms with van der Waals surface area (Å²) in [4.78, 5) is 14.5. The van der Waals surface area contributed by atoms with E-state index in [4.69, 9.17) is 9.84 Å². The van der Waals surface area contributed by atoms with Crippen LogP contribution in [0.1, 0.15) is 29.8 Å². The fourth-order valence-corrected chi connectivity index (χ4v) is 1.48. The van der Waals surface area contributed by atoms with Crippen molar-refractivity contribution in [2.75, 3.05) is 13.2 Å². The molecule has 0 aliphatic carbocycles. The molecule has 1 unspecified atom stereocenters. The first-order valence-corrected chi connectivity index (χ1v) is 4.36. The molecular formula is C8H11N3O3. The Morgan fingerprint density at radius 3 is 3.00 bits per heavy atom. The van der Waals surface area contributed by atoms with Crippen LogP contribution in [0.5, 0.6) is 0 Å². The van der Waals surface area contributed by atoms with Gasteiger partial charge in [-0.3, -0.25) is 5.10 Å². The molecular weight excluding hydrogens is 186 g/mol. The first-order chi connectivity index (χ1) is 6.62. The molecule has 6 nitrogen and oxygen atoms in total. The molecule has 1 aromatic rings. The number of rotatable bonds is 2. The second-order valence-electron chi connectivity index (χ2n) is 3.68. The fourth-order valence-electron chi connectivity index (χ4n) is 1.48. The van der Waals surface area contributed by atoms with E-state index in [0.717, 1.165) is 6.42 Å². The van der Waals surface area contributed by atoms with Gasteiger partial charge in [-0.05, 0) is 6.42 Å². The molecule has 1 aliphatic heterocycles. The number of ether oxygens (including phenoxy) is 1. The van der Waals surface area contributed by atoms with Gasteiger partial charge in [0.1, 0.15) is 5.82 Å². The molecule has 14 heavy (non-hydrogen) atoms. The molecule has 0 saturated carbocycles. The zero-order chi connectivity index (χ0) is 10.2. The average molecular weight is 197 g/mol. The quantitative estimate of drug-likeness (QED) is 0.706. The summed E-state index contributed by atoms with van der Waals surface area (Å²) in [5.41, 5.74) is -0.222. The van der Waals surface area contributed by atoms with Crippen LogP contribution in [0.15, 0.2) is 0 Å². The van der Waals surface area contributed by atoms with E-state index in [0.29, 0.717) is 19.0 Å². The molecule has 1 aromatic heterocycles. The summed E-state index contributed by atoms with van der Waals surface area (Å²) in [6.07, 6.45) is 0.835. The number of carbonyl (C=O) groups is 1. The van der Waals surface area contributed by atoms with Gasteiger partial charge < -0.3 is 9.84 Å². The van der Waals surface area contributed by atoms with Gasteiger partial charge in [-0.15, -0.1) is 5.10 Å². The number of aromatic nitrogens is 3. The summed E-state index contributed by atoms with van der Waals surface area (Å²) in [5.74, 6) is -0.712. The van der Waals surface area contributed by atoms with Gasteiger partial charge >= 0.3 is 5.97 Å². The van der Waals surface area contributed by atoms with Crippen LogP contribution in [0.2, 0.25) is 0 Å². The maximum Gasteiger partial charge on any atom is 0.375 e. The second kappa shape index (κ2) is 3.06. The third kappa shape index (κ3) is 1.37. The maximum absolute atomic E-state index is 10.6. The Balaban J connectivity index is 2.28. The minimum Gasteiger partial charge on any atom is -0.475 e. The molecule has 0 bridgehead atoms. The van der Waals surface area contributed by atoms with Crippen LogP contribution in [-0.2, 0) is 10.2 Å². The van der Waals surface area contributed by atoms with E-state index in [1.54, 1.807) is 0 Å². The fraction of sp³-hybridized carbons (Fsp3) is 0.625. The molecule has 1 saturated heterocycles. The number of carboxylic acids is 1. The Kier molecular flexibility index (Phi) is 1.99. The summed E-state index contributed by atoms with van der Waals surface area (Å²) >= 11 is 0. The topological polar surface area (TPSA) is 88.1 Å². The summed E-state index contributed by atoms with van der Waals surface area (Å²) in [7, 11) is 0. The summed E-state index contributed by atoms with van der Waals surface area (Å²) in [6, 6.07) is 0. The van der Waals surface area contributed by atoms with Gasteiger partial charge in [-0.1, -0.05) is 6.92 Å². The van der Waals surface area contributed by atoms with Crippen molar-refractivity contribution in [3.8, 4) is 0 Å². The highest BCUT2D eigenvalue weighted by molar-refractivity contribution is 5.82. The molecule has 2 heterocycles. The number of nitrogens with zero attached hydrogens (tertiary/aromatic N) is 2. The van der Waals surface area contributed by atoms with Crippen LogP contribution in [0.4, 0.5) is 0 Å². The Hall–Kier alpha value is -1.43. The molecule has 2 rings (SSSR count). The maximum atomic E-state index is 10.6. The van der Waals surface area contributed by atoms with Crippen molar-refractivity contribution < 1.29 is 14.6 Å². The first-order valence-electron chi connectivity index (χ1n) is 4.36. The minimum atomic E-state index is -1.12. The molecule has 0 aromatic carbocycles. The summed E-state index contributed by atoms with van der Waals surface area (Å²) in [5, 5.41) is 14.9. The van der Waals surface area contributed by atoms with E-state index >= 15 is 0 Å². The number of H-pyrrole nitrogens is 1. The SMILES string of the molecule is CC1(c2nc(C(=O)O)n[nH]2)CCOC1. The van der Waals surface area contributed by atoms with Gasteiger partial charge in [0.2, 0.25) is 0 Å². The monoisotopic (exact) mass is 197 g/mol. The van der Waals surface area contributed by atoms with Gasteiger partial charge in [-0.2, -0.15) is 0 Å². The highest BCUT2D eigenvalue weighted by Crippen LogP contribution is 2.29. The number of nitrogens with one attached hydrogen (secondary N) is 1. The zero-order valence-electron chi connectivity index (χ0n) is 7.78. The van der Waals surface area contributed by atoms with Gasteiger partial charge in [0.15, 0.2) is 0 Å². The van der Waals surface area contributed by atoms with E-state index < -0.39 is 5.97 Å². The highest BCUT2D eigenvalue weighted by Gasteiger charge is 2.35. The lowest BCUT2D eigenvalue weighted by molar-refractivity contribution is 0.0684.